The lowest BCUT2D eigenvalue weighted by molar-refractivity contribution is 0.0948. The highest BCUT2D eigenvalue weighted by Crippen LogP contribution is 2.08. The molecule has 0 atom stereocenters. The number of rotatable bonds is 7. The molecule has 1 aromatic heterocycles. The van der Waals surface area contributed by atoms with E-state index in [1.807, 2.05) is 24.3 Å². The summed E-state index contributed by atoms with van der Waals surface area (Å²) in [6, 6.07) is 13.8. The molecule has 1 amide bonds. The lowest BCUT2D eigenvalue weighted by Gasteiger charge is -2.07. The Morgan fingerprint density at radius 1 is 1.14 bits per heavy atom. The third-order valence-electron chi connectivity index (χ3n) is 3.15. The van der Waals surface area contributed by atoms with Crippen molar-refractivity contribution in [2.45, 2.75) is 26.3 Å². The predicted molar refractivity (Wildman–Crippen MR) is 85.2 cm³/mol. The van der Waals surface area contributed by atoms with Gasteiger partial charge in [-0.3, -0.25) is 4.79 Å². The average molecular weight is 283 g/mol. The molecule has 4 nitrogen and oxygen atoms in total. The summed E-state index contributed by atoms with van der Waals surface area (Å²) in [4.78, 5) is 16.0. The van der Waals surface area contributed by atoms with E-state index in [0.717, 1.165) is 25.1 Å². The normalized spacial score (nSPS) is 10.1. The van der Waals surface area contributed by atoms with Gasteiger partial charge in [-0.05, 0) is 24.1 Å². The van der Waals surface area contributed by atoms with Gasteiger partial charge in [-0.15, -0.1) is 0 Å². The maximum absolute atomic E-state index is 11.8. The fourth-order valence-corrected chi connectivity index (χ4v) is 1.90. The summed E-state index contributed by atoms with van der Waals surface area (Å²) in [6.45, 7) is 3.53. The zero-order chi connectivity index (χ0) is 14.9. The van der Waals surface area contributed by atoms with E-state index < -0.39 is 0 Å². The number of nitrogens with zero attached hydrogens (tertiary/aromatic N) is 1. The van der Waals surface area contributed by atoms with Crippen molar-refractivity contribution in [3.63, 3.8) is 0 Å². The Labute approximate surface area is 125 Å². The van der Waals surface area contributed by atoms with Crippen molar-refractivity contribution in [2.75, 3.05) is 11.9 Å². The Bertz CT molecular complexity index is 552. The number of pyridine rings is 1. The summed E-state index contributed by atoms with van der Waals surface area (Å²) in [5.41, 5.74) is 2.57. The van der Waals surface area contributed by atoms with Gasteiger partial charge in [0.15, 0.2) is 0 Å². The van der Waals surface area contributed by atoms with E-state index in [-0.39, 0.29) is 5.91 Å². The SMILES string of the molecule is CCCCNC(=O)c1ccc(NCc2ccccc2)cn1. The highest BCUT2D eigenvalue weighted by Gasteiger charge is 2.05. The van der Waals surface area contributed by atoms with Gasteiger partial charge in [0.25, 0.3) is 5.91 Å². The van der Waals surface area contributed by atoms with Crippen molar-refractivity contribution in [1.29, 1.82) is 0 Å². The highest BCUT2D eigenvalue weighted by molar-refractivity contribution is 5.92. The lowest BCUT2D eigenvalue weighted by atomic mass is 10.2. The predicted octanol–water partition coefficient (Wildman–Crippen LogP) is 3.22. The number of amides is 1. The minimum absolute atomic E-state index is 0.113. The maximum Gasteiger partial charge on any atom is 0.269 e. The Hall–Kier alpha value is -2.36. The number of hydrogen-bond donors (Lipinski definition) is 2. The number of aromatic nitrogens is 1. The fourth-order valence-electron chi connectivity index (χ4n) is 1.90. The number of hydrogen-bond acceptors (Lipinski definition) is 3. The van der Waals surface area contributed by atoms with Crippen molar-refractivity contribution in [2.24, 2.45) is 0 Å². The third kappa shape index (κ3) is 4.91. The second-order valence-electron chi connectivity index (χ2n) is 4.88. The van der Waals surface area contributed by atoms with Crippen LogP contribution >= 0.6 is 0 Å². The molecule has 0 aliphatic carbocycles. The van der Waals surface area contributed by atoms with Crippen LogP contribution in [-0.4, -0.2) is 17.4 Å². The maximum atomic E-state index is 11.8. The molecule has 21 heavy (non-hydrogen) atoms. The van der Waals surface area contributed by atoms with Gasteiger partial charge in [-0.25, -0.2) is 4.98 Å². The number of carbonyl (C=O) groups excluding carboxylic acids is 1. The summed E-state index contributed by atoms with van der Waals surface area (Å²) >= 11 is 0. The first-order valence-corrected chi connectivity index (χ1v) is 7.31. The first-order valence-electron chi connectivity index (χ1n) is 7.31. The van der Waals surface area contributed by atoms with Crippen LogP contribution in [-0.2, 0) is 6.54 Å². The average Bonchev–Trinajstić information content (AvgIpc) is 2.54. The van der Waals surface area contributed by atoms with Crippen molar-refractivity contribution < 1.29 is 4.79 Å². The largest absolute Gasteiger partial charge is 0.380 e. The van der Waals surface area contributed by atoms with Crippen LogP contribution in [0.15, 0.2) is 48.7 Å². The van der Waals surface area contributed by atoms with Gasteiger partial charge in [-0.2, -0.15) is 0 Å². The molecule has 0 radical (unpaired) electrons. The van der Waals surface area contributed by atoms with E-state index in [2.05, 4.69) is 34.7 Å². The molecule has 1 aromatic carbocycles. The van der Waals surface area contributed by atoms with Crippen LogP contribution in [0.2, 0.25) is 0 Å². The molecule has 2 N–H and O–H groups in total. The Morgan fingerprint density at radius 2 is 1.95 bits per heavy atom. The molecule has 2 rings (SSSR count). The number of nitrogens with one attached hydrogen (secondary N) is 2. The van der Waals surface area contributed by atoms with Crippen molar-refractivity contribution in [1.82, 2.24) is 10.3 Å². The van der Waals surface area contributed by atoms with Crippen molar-refractivity contribution >= 4 is 11.6 Å². The molecule has 0 spiro atoms. The zero-order valence-corrected chi connectivity index (χ0v) is 12.3. The summed E-state index contributed by atoms with van der Waals surface area (Å²) in [6.07, 6.45) is 3.75. The van der Waals surface area contributed by atoms with Gasteiger partial charge in [0.2, 0.25) is 0 Å². The molecule has 2 aromatic rings. The van der Waals surface area contributed by atoms with E-state index in [0.29, 0.717) is 12.2 Å². The van der Waals surface area contributed by atoms with Crippen LogP contribution in [0.1, 0.15) is 35.8 Å². The van der Waals surface area contributed by atoms with Gasteiger partial charge < -0.3 is 10.6 Å². The van der Waals surface area contributed by atoms with Crippen LogP contribution < -0.4 is 10.6 Å². The molecule has 0 unspecified atom stereocenters. The Balaban J connectivity index is 1.85. The molecule has 0 saturated carbocycles. The van der Waals surface area contributed by atoms with Gasteiger partial charge >= 0.3 is 0 Å². The fraction of sp³-hybridized carbons (Fsp3) is 0.294. The van der Waals surface area contributed by atoms with E-state index in [4.69, 9.17) is 0 Å². The van der Waals surface area contributed by atoms with Crippen LogP contribution in [0.5, 0.6) is 0 Å². The van der Waals surface area contributed by atoms with Crippen molar-refractivity contribution in [3.8, 4) is 0 Å². The standard InChI is InChI=1S/C17H21N3O/c1-2-3-11-18-17(21)16-10-9-15(13-20-16)19-12-14-7-5-4-6-8-14/h4-10,13,19H,2-3,11-12H2,1H3,(H,18,21). The van der Waals surface area contributed by atoms with Gasteiger partial charge in [-0.1, -0.05) is 43.7 Å². The molecule has 0 fully saturated rings. The van der Waals surface area contributed by atoms with Crippen LogP contribution in [0.3, 0.4) is 0 Å². The number of anilines is 1. The summed E-state index contributed by atoms with van der Waals surface area (Å²) in [5, 5.41) is 6.14. The molecular weight excluding hydrogens is 262 g/mol. The van der Waals surface area contributed by atoms with Crippen LogP contribution in [0.4, 0.5) is 5.69 Å². The minimum Gasteiger partial charge on any atom is -0.380 e. The molecule has 4 heteroatoms. The third-order valence-corrected chi connectivity index (χ3v) is 3.15. The summed E-state index contributed by atoms with van der Waals surface area (Å²) in [7, 11) is 0. The molecule has 0 saturated heterocycles. The summed E-state index contributed by atoms with van der Waals surface area (Å²) in [5.74, 6) is -0.113. The topological polar surface area (TPSA) is 54.0 Å². The van der Waals surface area contributed by atoms with Crippen molar-refractivity contribution in [3.05, 3.63) is 59.9 Å². The van der Waals surface area contributed by atoms with E-state index in [1.54, 1.807) is 12.3 Å². The number of unbranched alkanes of at least 4 members (excludes halogenated alkanes) is 1. The van der Waals surface area contributed by atoms with Gasteiger partial charge in [0.1, 0.15) is 5.69 Å². The number of carbonyl (C=O) groups is 1. The quantitative estimate of drug-likeness (QED) is 0.767. The molecule has 0 bridgehead atoms. The molecule has 0 aliphatic heterocycles. The monoisotopic (exact) mass is 283 g/mol. The molecule has 110 valence electrons. The zero-order valence-electron chi connectivity index (χ0n) is 12.3. The van der Waals surface area contributed by atoms with E-state index in [9.17, 15) is 4.79 Å². The molecule has 0 aliphatic rings. The van der Waals surface area contributed by atoms with Gasteiger partial charge in [0.05, 0.1) is 11.9 Å². The second-order valence-corrected chi connectivity index (χ2v) is 4.88. The Morgan fingerprint density at radius 3 is 2.62 bits per heavy atom. The smallest absolute Gasteiger partial charge is 0.269 e. The molecular formula is C17H21N3O. The first-order chi connectivity index (χ1) is 10.3. The van der Waals surface area contributed by atoms with Crippen LogP contribution in [0.25, 0.3) is 0 Å². The van der Waals surface area contributed by atoms with E-state index >= 15 is 0 Å². The summed E-state index contributed by atoms with van der Waals surface area (Å²) < 4.78 is 0. The lowest BCUT2D eigenvalue weighted by Crippen LogP contribution is -2.25. The minimum atomic E-state index is -0.113. The highest BCUT2D eigenvalue weighted by atomic mass is 16.1. The van der Waals surface area contributed by atoms with Gasteiger partial charge in [0, 0.05) is 13.1 Å². The second kappa shape index (κ2) is 8.04. The number of benzene rings is 1. The molecule has 1 heterocycles. The Kier molecular flexibility index (Phi) is 5.76. The first kappa shape index (κ1) is 15.0. The van der Waals surface area contributed by atoms with Crippen LogP contribution in [0, 0.1) is 0 Å². The van der Waals surface area contributed by atoms with E-state index in [1.165, 1.54) is 5.56 Å².